The molecule has 0 radical (unpaired) electrons. The number of hydrogen-bond donors (Lipinski definition) is 2. The van der Waals surface area contributed by atoms with Crippen molar-refractivity contribution in [3.8, 4) is 0 Å². The quantitative estimate of drug-likeness (QED) is 0.876. The summed E-state index contributed by atoms with van der Waals surface area (Å²) in [6.45, 7) is 6.18. The van der Waals surface area contributed by atoms with Gasteiger partial charge in [0.2, 0.25) is 0 Å². The topological polar surface area (TPSA) is 68.7 Å². The maximum absolute atomic E-state index is 12.3. The molecule has 0 aromatic carbocycles. The van der Waals surface area contributed by atoms with E-state index in [9.17, 15) is 9.90 Å². The Bertz CT molecular complexity index is 536. The largest absolute Gasteiger partial charge is 0.393 e. The van der Waals surface area contributed by atoms with Crippen molar-refractivity contribution in [2.24, 2.45) is 11.8 Å². The van der Waals surface area contributed by atoms with Gasteiger partial charge in [-0.25, -0.2) is 4.79 Å². The van der Waals surface area contributed by atoms with Gasteiger partial charge < -0.3 is 20.2 Å². The molecule has 2 fully saturated rings. The normalized spacial score (nSPS) is 21.2. The first kappa shape index (κ1) is 18.0. The predicted octanol–water partition coefficient (Wildman–Crippen LogP) is 2.10. The number of urea groups is 1. The zero-order valence-electron chi connectivity index (χ0n) is 15.1. The molecule has 25 heavy (non-hydrogen) atoms. The van der Waals surface area contributed by atoms with Crippen LogP contribution in [-0.4, -0.2) is 59.8 Å². The van der Waals surface area contributed by atoms with E-state index in [1.165, 1.54) is 5.69 Å². The molecule has 6 nitrogen and oxygen atoms in total. The highest BCUT2D eigenvalue weighted by atomic mass is 16.3. The molecule has 2 amide bonds. The summed E-state index contributed by atoms with van der Waals surface area (Å²) < 4.78 is 0. The fraction of sp³-hybridized carbons (Fsp3) is 0.684. The Hall–Kier alpha value is -1.82. The Morgan fingerprint density at radius 2 is 1.84 bits per heavy atom. The molecule has 1 aromatic rings. The first-order valence-electron chi connectivity index (χ1n) is 9.49. The molecule has 0 spiro atoms. The van der Waals surface area contributed by atoms with E-state index in [0.717, 1.165) is 58.4 Å². The van der Waals surface area contributed by atoms with E-state index in [4.69, 9.17) is 0 Å². The second-order valence-electron chi connectivity index (χ2n) is 7.39. The summed E-state index contributed by atoms with van der Waals surface area (Å²) >= 11 is 0. The average molecular weight is 346 g/mol. The van der Waals surface area contributed by atoms with E-state index in [1.54, 1.807) is 0 Å². The molecule has 0 bridgehead atoms. The zero-order chi connectivity index (χ0) is 17.6. The van der Waals surface area contributed by atoms with Gasteiger partial charge in [0.1, 0.15) is 0 Å². The third-order valence-corrected chi connectivity index (χ3v) is 5.69. The van der Waals surface area contributed by atoms with Crippen LogP contribution in [0.25, 0.3) is 0 Å². The van der Waals surface area contributed by atoms with Gasteiger partial charge in [-0.2, -0.15) is 0 Å². The van der Waals surface area contributed by atoms with Crippen molar-refractivity contribution < 1.29 is 9.90 Å². The van der Waals surface area contributed by atoms with E-state index in [-0.39, 0.29) is 12.1 Å². The Morgan fingerprint density at radius 3 is 2.44 bits per heavy atom. The number of aliphatic hydroxyl groups excluding tert-OH is 1. The van der Waals surface area contributed by atoms with Gasteiger partial charge in [-0.05, 0) is 56.6 Å². The van der Waals surface area contributed by atoms with Crippen molar-refractivity contribution >= 4 is 11.7 Å². The molecule has 0 aliphatic carbocycles. The Morgan fingerprint density at radius 1 is 1.20 bits per heavy atom. The average Bonchev–Trinajstić information content (AvgIpc) is 2.67. The summed E-state index contributed by atoms with van der Waals surface area (Å²) in [7, 11) is 0. The van der Waals surface area contributed by atoms with Crippen molar-refractivity contribution in [3.63, 3.8) is 0 Å². The number of rotatable bonds is 4. The monoisotopic (exact) mass is 346 g/mol. The lowest BCUT2D eigenvalue weighted by Gasteiger charge is -2.35. The highest BCUT2D eigenvalue weighted by Crippen LogP contribution is 2.23. The van der Waals surface area contributed by atoms with Gasteiger partial charge in [-0.15, -0.1) is 0 Å². The van der Waals surface area contributed by atoms with Crippen molar-refractivity contribution in [1.82, 2.24) is 15.2 Å². The molecule has 138 valence electrons. The SMILES string of the molecule is CC(O)C1CCN(C(=O)NCC2CCN(c3ccncc3)CC2)CC1. The van der Waals surface area contributed by atoms with Crippen LogP contribution in [-0.2, 0) is 0 Å². The van der Waals surface area contributed by atoms with Crippen molar-refractivity contribution in [1.29, 1.82) is 0 Å². The van der Waals surface area contributed by atoms with E-state index < -0.39 is 0 Å². The van der Waals surface area contributed by atoms with E-state index in [0.29, 0.717) is 11.8 Å². The van der Waals surface area contributed by atoms with E-state index >= 15 is 0 Å². The molecule has 1 aromatic heterocycles. The standard InChI is InChI=1S/C19H30N4O2/c1-15(24)17-6-12-23(13-7-17)19(25)21-14-16-4-10-22(11-5-16)18-2-8-20-9-3-18/h2-3,8-9,15-17,24H,4-7,10-14H2,1H3,(H,21,25). The van der Waals surface area contributed by atoms with Crippen LogP contribution in [0.2, 0.25) is 0 Å². The van der Waals surface area contributed by atoms with Gasteiger partial charge in [0, 0.05) is 50.8 Å². The highest BCUT2D eigenvalue weighted by molar-refractivity contribution is 5.74. The van der Waals surface area contributed by atoms with Gasteiger partial charge >= 0.3 is 6.03 Å². The summed E-state index contributed by atoms with van der Waals surface area (Å²) in [5.41, 5.74) is 1.23. The third kappa shape index (κ3) is 4.84. The first-order valence-corrected chi connectivity index (χ1v) is 9.49. The molecule has 0 saturated carbocycles. The smallest absolute Gasteiger partial charge is 0.317 e. The maximum Gasteiger partial charge on any atom is 0.317 e. The van der Waals surface area contributed by atoms with Crippen LogP contribution >= 0.6 is 0 Å². The summed E-state index contributed by atoms with van der Waals surface area (Å²) in [6, 6.07) is 4.17. The highest BCUT2D eigenvalue weighted by Gasteiger charge is 2.26. The number of aromatic nitrogens is 1. The predicted molar refractivity (Wildman–Crippen MR) is 98.6 cm³/mol. The number of nitrogens with one attached hydrogen (secondary N) is 1. The van der Waals surface area contributed by atoms with E-state index in [1.807, 2.05) is 24.2 Å². The zero-order valence-corrected chi connectivity index (χ0v) is 15.1. The molecule has 1 unspecified atom stereocenters. The molecule has 3 rings (SSSR count). The van der Waals surface area contributed by atoms with Gasteiger partial charge in [0.25, 0.3) is 0 Å². The number of carbonyl (C=O) groups is 1. The van der Waals surface area contributed by atoms with Crippen molar-refractivity contribution in [3.05, 3.63) is 24.5 Å². The molecule has 2 N–H and O–H groups in total. The van der Waals surface area contributed by atoms with E-state index in [2.05, 4.69) is 27.3 Å². The van der Waals surface area contributed by atoms with Gasteiger partial charge in [0.05, 0.1) is 6.10 Å². The maximum atomic E-state index is 12.3. The summed E-state index contributed by atoms with van der Waals surface area (Å²) in [5, 5.41) is 12.8. The lowest BCUT2D eigenvalue weighted by molar-refractivity contribution is 0.0796. The molecule has 2 aliphatic rings. The van der Waals surface area contributed by atoms with Crippen LogP contribution in [0.1, 0.15) is 32.6 Å². The Balaban J connectivity index is 1.36. The molecule has 1 atom stereocenters. The second-order valence-corrected chi connectivity index (χ2v) is 7.39. The minimum atomic E-state index is -0.268. The van der Waals surface area contributed by atoms with Crippen molar-refractivity contribution in [2.75, 3.05) is 37.6 Å². The van der Waals surface area contributed by atoms with Crippen molar-refractivity contribution in [2.45, 2.75) is 38.7 Å². The summed E-state index contributed by atoms with van der Waals surface area (Å²) in [6.07, 6.45) is 7.41. The fourth-order valence-corrected chi connectivity index (χ4v) is 3.88. The number of likely N-dealkylation sites (tertiary alicyclic amines) is 1. The number of hydrogen-bond acceptors (Lipinski definition) is 4. The van der Waals surface area contributed by atoms with Gasteiger partial charge in [0.15, 0.2) is 0 Å². The molecular formula is C19H30N4O2. The second kappa shape index (κ2) is 8.52. The number of amides is 2. The minimum Gasteiger partial charge on any atom is -0.393 e. The Kier molecular flexibility index (Phi) is 6.13. The molecule has 2 aliphatic heterocycles. The van der Waals surface area contributed by atoms with Gasteiger partial charge in [-0.1, -0.05) is 0 Å². The van der Waals surface area contributed by atoms with Crippen LogP contribution in [0.15, 0.2) is 24.5 Å². The number of carbonyl (C=O) groups excluding carboxylic acids is 1. The summed E-state index contributed by atoms with van der Waals surface area (Å²) in [5.74, 6) is 0.888. The number of nitrogens with zero attached hydrogens (tertiary/aromatic N) is 3. The third-order valence-electron chi connectivity index (χ3n) is 5.69. The molecule has 2 saturated heterocycles. The molecule has 6 heteroatoms. The fourth-order valence-electron chi connectivity index (χ4n) is 3.88. The van der Waals surface area contributed by atoms with Crippen LogP contribution in [0.4, 0.5) is 10.5 Å². The number of anilines is 1. The lowest BCUT2D eigenvalue weighted by Crippen LogP contribution is -2.47. The minimum absolute atomic E-state index is 0.0561. The number of aliphatic hydroxyl groups is 1. The number of piperidine rings is 2. The van der Waals surface area contributed by atoms with Gasteiger partial charge in [-0.3, -0.25) is 4.98 Å². The lowest BCUT2D eigenvalue weighted by atomic mass is 9.92. The molecule has 3 heterocycles. The van der Waals surface area contributed by atoms with Crippen LogP contribution in [0.5, 0.6) is 0 Å². The van der Waals surface area contributed by atoms with Crippen LogP contribution in [0, 0.1) is 11.8 Å². The molecular weight excluding hydrogens is 316 g/mol. The van der Waals surface area contributed by atoms with Crippen LogP contribution < -0.4 is 10.2 Å². The van der Waals surface area contributed by atoms with Crippen LogP contribution in [0.3, 0.4) is 0 Å². The number of pyridine rings is 1. The summed E-state index contributed by atoms with van der Waals surface area (Å²) in [4.78, 5) is 20.7. The first-order chi connectivity index (χ1) is 12.1. The Labute approximate surface area is 150 Å².